The highest BCUT2D eigenvalue weighted by Crippen LogP contribution is 2.12. The minimum atomic E-state index is -1.11. The van der Waals surface area contributed by atoms with Gasteiger partial charge >= 0.3 is 5.97 Å². The summed E-state index contributed by atoms with van der Waals surface area (Å²) < 4.78 is 0. The van der Waals surface area contributed by atoms with E-state index >= 15 is 0 Å². The van der Waals surface area contributed by atoms with E-state index in [1.807, 2.05) is 6.07 Å². The molecule has 1 aromatic carbocycles. The molecule has 0 fully saturated rings. The fourth-order valence-electron chi connectivity index (χ4n) is 1.47. The molecule has 0 amide bonds. The zero-order chi connectivity index (χ0) is 10.8. The van der Waals surface area contributed by atoms with Gasteiger partial charge in [0.2, 0.25) is 0 Å². The van der Waals surface area contributed by atoms with Crippen LogP contribution in [0, 0.1) is 0 Å². The number of nitrogens with zero attached hydrogens (tertiary/aromatic N) is 1. The summed E-state index contributed by atoms with van der Waals surface area (Å²) in [5.41, 5.74) is 3.48. The van der Waals surface area contributed by atoms with Crippen molar-refractivity contribution in [1.29, 1.82) is 0 Å². The number of carbonyl (C=O) groups is 1. The van der Waals surface area contributed by atoms with Gasteiger partial charge in [-0.05, 0) is 0 Å². The van der Waals surface area contributed by atoms with Gasteiger partial charge in [-0.15, -0.1) is 0 Å². The molecule has 1 heterocycles. The zero-order valence-electron chi connectivity index (χ0n) is 7.79. The van der Waals surface area contributed by atoms with E-state index in [4.69, 9.17) is 5.11 Å². The van der Waals surface area contributed by atoms with E-state index in [2.05, 4.69) is 10.5 Å². The number of aliphatic hydroxyl groups excluding tert-OH is 1. The molecule has 78 valence electrons. The van der Waals surface area contributed by atoms with Crippen LogP contribution in [0.3, 0.4) is 0 Å². The molecule has 1 aromatic rings. The molecule has 3 N–H and O–H groups in total. The summed E-state index contributed by atoms with van der Waals surface area (Å²) in [5.74, 6) is -1.11. The van der Waals surface area contributed by atoms with E-state index in [9.17, 15) is 9.90 Å². The van der Waals surface area contributed by atoms with Crippen molar-refractivity contribution in [2.45, 2.75) is 12.1 Å². The van der Waals surface area contributed by atoms with E-state index in [1.165, 1.54) is 0 Å². The number of hydrogen-bond acceptors (Lipinski definition) is 4. The molecule has 5 nitrogen and oxygen atoms in total. The van der Waals surface area contributed by atoms with Crippen LogP contribution in [0.15, 0.2) is 35.4 Å². The van der Waals surface area contributed by atoms with Crippen LogP contribution in [0.2, 0.25) is 0 Å². The van der Waals surface area contributed by atoms with Crippen molar-refractivity contribution in [2.24, 2.45) is 5.10 Å². The smallest absolute Gasteiger partial charge is 0.330 e. The molecule has 1 aliphatic heterocycles. The van der Waals surface area contributed by atoms with E-state index < -0.39 is 18.1 Å². The molecule has 1 aliphatic rings. The first-order valence-corrected chi connectivity index (χ1v) is 4.49. The molecule has 15 heavy (non-hydrogen) atoms. The molecular formula is C10H10N2O3. The van der Waals surface area contributed by atoms with Crippen LogP contribution in [0.25, 0.3) is 0 Å². The lowest BCUT2D eigenvalue weighted by molar-refractivity contribution is -0.140. The number of nitrogens with one attached hydrogen (secondary N) is 1. The van der Waals surface area contributed by atoms with Gasteiger partial charge in [-0.3, -0.25) is 5.43 Å². The fourth-order valence-corrected chi connectivity index (χ4v) is 1.47. The van der Waals surface area contributed by atoms with Crippen molar-refractivity contribution in [2.75, 3.05) is 0 Å². The van der Waals surface area contributed by atoms with Crippen LogP contribution < -0.4 is 5.43 Å². The van der Waals surface area contributed by atoms with Gasteiger partial charge < -0.3 is 10.2 Å². The first-order valence-electron chi connectivity index (χ1n) is 4.49. The van der Waals surface area contributed by atoms with Crippen LogP contribution in [-0.2, 0) is 4.79 Å². The summed E-state index contributed by atoms with van der Waals surface area (Å²) in [4.78, 5) is 10.7. The molecule has 0 saturated carbocycles. The second-order valence-corrected chi connectivity index (χ2v) is 3.25. The zero-order valence-corrected chi connectivity index (χ0v) is 7.79. The second kappa shape index (κ2) is 3.70. The number of aliphatic hydroxyl groups is 1. The third-order valence-corrected chi connectivity index (χ3v) is 2.26. The fraction of sp³-hybridized carbons (Fsp3) is 0.200. The Bertz CT molecular complexity index is 402. The first-order chi connectivity index (χ1) is 7.20. The Morgan fingerprint density at radius 2 is 2.00 bits per heavy atom. The highest BCUT2D eigenvalue weighted by atomic mass is 16.4. The van der Waals surface area contributed by atoms with E-state index in [0.29, 0.717) is 5.71 Å². The van der Waals surface area contributed by atoms with Crippen molar-refractivity contribution in [1.82, 2.24) is 5.43 Å². The summed E-state index contributed by atoms with van der Waals surface area (Å²) in [7, 11) is 0. The summed E-state index contributed by atoms with van der Waals surface area (Å²) in [5, 5.41) is 22.3. The topological polar surface area (TPSA) is 81.9 Å². The molecule has 0 bridgehead atoms. The van der Waals surface area contributed by atoms with Gasteiger partial charge in [-0.1, -0.05) is 30.3 Å². The van der Waals surface area contributed by atoms with Gasteiger partial charge in [-0.25, -0.2) is 4.79 Å². The van der Waals surface area contributed by atoms with Crippen LogP contribution >= 0.6 is 0 Å². The van der Waals surface area contributed by atoms with Crippen molar-refractivity contribution in [3.63, 3.8) is 0 Å². The average Bonchev–Trinajstić information content (AvgIpc) is 2.61. The molecule has 0 saturated heterocycles. The summed E-state index contributed by atoms with van der Waals surface area (Å²) >= 11 is 0. The van der Waals surface area contributed by atoms with Gasteiger partial charge in [0.1, 0.15) is 6.10 Å². The van der Waals surface area contributed by atoms with Gasteiger partial charge in [0.05, 0.1) is 5.71 Å². The number of benzene rings is 1. The highest BCUT2D eigenvalue weighted by Gasteiger charge is 2.35. The Kier molecular flexibility index (Phi) is 2.39. The molecular weight excluding hydrogens is 196 g/mol. The summed E-state index contributed by atoms with van der Waals surface area (Å²) in [6.45, 7) is 0. The Morgan fingerprint density at radius 3 is 2.53 bits per heavy atom. The van der Waals surface area contributed by atoms with Crippen molar-refractivity contribution >= 4 is 11.7 Å². The number of carboxylic acids is 1. The minimum Gasteiger partial charge on any atom is -0.480 e. The Hall–Kier alpha value is -1.88. The maximum absolute atomic E-state index is 10.7. The highest BCUT2D eigenvalue weighted by molar-refractivity contribution is 6.07. The molecule has 2 unspecified atom stereocenters. The molecule has 2 rings (SSSR count). The number of aliphatic carboxylic acids is 1. The second-order valence-electron chi connectivity index (χ2n) is 3.25. The normalized spacial score (nSPS) is 24.5. The van der Waals surface area contributed by atoms with Gasteiger partial charge in [0, 0.05) is 5.56 Å². The lowest BCUT2D eigenvalue weighted by Crippen LogP contribution is -2.41. The Balaban J connectivity index is 2.24. The van der Waals surface area contributed by atoms with Crippen molar-refractivity contribution in [3.8, 4) is 0 Å². The Labute approximate surface area is 86.1 Å². The van der Waals surface area contributed by atoms with Crippen molar-refractivity contribution in [3.05, 3.63) is 35.9 Å². The number of rotatable bonds is 2. The molecule has 2 atom stereocenters. The van der Waals surface area contributed by atoms with Gasteiger partial charge in [0.25, 0.3) is 0 Å². The lowest BCUT2D eigenvalue weighted by atomic mass is 10.0. The van der Waals surface area contributed by atoms with Crippen molar-refractivity contribution < 1.29 is 15.0 Å². The predicted molar refractivity (Wildman–Crippen MR) is 53.5 cm³/mol. The number of carboxylic acid groups (broad SMARTS) is 1. The van der Waals surface area contributed by atoms with Crippen LogP contribution in [0.1, 0.15) is 5.56 Å². The maximum Gasteiger partial charge on any atom is 0.330 e. The first kappa shape index (κ1) is 9.67. The number of hydrazone groups is 1. The summed E-state index contributed by atoms with van der Waals surface area (Å²) in [6.07, 6.45) is -1.11. The quantitative estimate of drug-likeness (QED) is 0.626. The largest absolute Gasteiger partial charge is 0.480 e. The SMILES string of the molecule is O=C(O)C1NN=C(c2ccccc2)C1O. The van der Waals surface area contributed by atoms with E-state index in [1.54, 1.807) is 24.3 Å². The third kappa shape index (κ3) is 1.69. The molecule has 0 aromatic heterocycles. The van der Waals surface area contributed by atoms with Crippen LogP contribution in [0.4, 0.5) is 0 Å². The molecule has 0 radical (unpaired) electrons. The monoisotopic (exact) mass is 206 g/mol. The Morgan fingerprint density at radius 1 is 1.33 bits per heavy atom. The standard InChI is InChI=1S/C10H10N2O3/c13-9-7(6-4-2-1-3-5-6)11-12-8(9)10(14)15/h1-5,8-9,12-13H,(H,14,15). The average molecular weight is 206 g/mol. The third-order valence-electron chi connectivity index (χ3n) is 2.26. The summed E-state index contributed by atoms with van der Waals surface area (Å²) in [6, 6.07) is 7.94. The maximum atomic E-state index is 10.7. The van der Waals surface area contributed by atoms with Gasteiger partial charge in [-0.2, -0.15) is 5.10 Å². The van der Waals surface area contributed by atoms with Crippen LogP contribution in [-0.4, -0.2) is 34.0 Å². The lowest BCUT2D eigenvalue weighted by Gasteiger charge is -2.10. The number of hydrogen-bond donors (Lipinski definition) is 3. The van der Waals surface area contributed by atoms with Gasteiger partial charge in [0.15, 0.2) is 6.04 Å². The van der Waals surface area contributed by atoms with Crippen LogP contribution in [0.5, 0.6) is 0 Å². The van der Waals surface area contributed by atoms with E-state index in [0.717, 1.165) is 5.56 Å². The predicted octanol–water partition coefficient (Wildman–Crippen LogP) is -0.192. The van der Waals surface area contributed by atoms with E-state index in [-0.39, 0.29) is 0 Å². The molecule has 0 spiro atoms. The minimum absolute atomic E-state index is 0.364. The molecule has 0 aliphatic carbocycles. The molecule has 5 heteroatoms.